The number of carboxylic acids is 1. The third-order valence-corrected chi connectivity index (χ3v) is 5.65. The number of anilines is 1. The van der Waals surface area contributed by atoms with E-state index in [9.17, 15) is 23.5 Å². The molecular formula is C24H19ClF2N4O3. The number of fused-ring (bicyclic) bond motifs is 1. The van der Waals surface area contributed by atoms with E-state index in [0.29, 0.717) is 5.56 Å². The van der Waals surface area contributed by atoms with Crippen LogP contribution in [0.5, 0.6) is 0 Å². The smallest absolute Gasteiger partial charge is 0.356 e. The van der Waals surface area contributed by atoms with E-state index in [1.807, 2.05) is 0 Å². The molecule has 7 nitrogen and oxygen atoms in total. The molecule has 0 bridgehead atoms. The zero-order valence-corrected chi connectivity index (χ0v) is 19.1. The van der Waals surface area contributed by atoms with Gasteiger partial charge in [0.15, 0.2) is 5.69 Å². The molecule has 2 aromatic heterocycles. The summed E-state index contributed by atoms with van der Waals surface area (Å²) in [6.07, 6.45) is 0. The Morgan fingerprint density at radius 3 is 2.47 bits per heavy atom. The average Bonchev–Trinajstić information content (AvgIpc) is 2.78. The number of rotatable bonds is 5. The largest absolute Gasteiger partial charge is 0.476 e. The SMILES string of the molecule is Cc1cc([C@@H](C)Nc2ccc(Cl)nc2C(=O)O)c2nc(-c3c(F)cccc3F)n(C)c(=O)c2c1. The Kier molecular flexibility index (Phi) is 6.05. The van der Waals surface area contributed by atoms with Crippen LogP contribution < -0.4 is 10.9 Å². The quantitative estimate of drug-likeness (QED) is 0.382. The molecule has 10 heteroatoms. The van der Waals surface area contributed by atoms with Crippen LogP contribution in [0.2, 0.25) is 5.15 Å². The molecular weight excluding hydrogens is 466 g/mol. The fourth-order valence-corrected chi connectivity index (χ4v) is 3.99. The Morgan fingerprint density at radius 2 is 1.82 bits per heavy atom. The maximum absolute atomic E-state index is 14.5. The van der Waals surface area contributed by atoms with Crippen molar-refractivity contribution in [1.29, 1.82) is 0 Å². The molecule has 4 aromatic rings. The zero-order chi connectivity index (χ0) is 24.7. The second-order valence-corrected chi connectivity index (χ2v) is 8.24. The van der Waals surface area contributed by atoms with Crippen molar-refractivity contribution in [3.8, 4) is 11.4 Å². The first kappa shape index (κ1) is 23.3. The van der Waals surface area contributed by atoms with Gasteiger partial charge in [-0.15, -0.1) is 0 Å². The van der Waals surface area contributed by atoms with Gasteiger partial charge in [0.25, 0.3) is 5.56 Å². The van der Waals surface area contributed by atoms with Gasteiger partial charge in [-0.2, -0.15) is 0 Å². The van der Waals surface area contributed by atoms with E-state index in [0.717, 1.165) is 22.3 Å². The third-order valence-electron chi connectivity index (χ3n) is 5.44. The summed E-state index contributed by atoms with van der Waals surface area (Å²) >= 11 is 5.84. The maximum atomic E-state index is 14.5. The first-order valence-electron chi connectivity index (χ1n) is 10.2. The number of pyridine rings is 1. The van der Waals surface area contributed by atoms with Gasteiger partial charge in [0.05, 0.1) is 28.2 Å². The number of carboxylic acid groups (broad SMARTS) is 1. The average molecular weight is 485 g/mol. The summed E-state index contributed by atoms with van der Waals surface area (Å²) in [5.41, 5.74) is 0.595. The normalized spacial score (nSPS) is 12.1. The molecule has 0 saturated heterocycles. The van der Waals surface area contributed by atoms with E-state index in [-0.39, 0.29) is 33.3 Å². The molecule has 2 aromatic carbocycles. The molecule has 0 aliphatic rings. The molecule has 174 valence electrons. The van der Waals surface area contributed by atoms with Gasteiger partial charge in [-0.1, -0.05) is 23.7 Å². The Morgan fingerprint density at radius 1 is 1.15 bits per heavy atom. The highest BCUT2D eigenvalue weighted by Gasteiger charge is 2.22. The monoisotopic (exact) mass is 484 g/mol. The van der Waals surface area contributed by atoms with Crippen molar-refractivity contribution >= 4 is 34.2 Å². The number of nitrogens with zero attached hydrogens (tertiary/aromatic N) is 3. The summed E-state index contributed by atoms with van der Waals surface area (Å²) in [7, 11) is 1.40. The van der Waals surface area contributed by atoms with E-state index in [1.54, 1.807) is 26.0 Å². The van der Waals surface area contributed by atoms with Crippen LogP contribution in [0.25, 0.3) is 22.3 Å². The van der Waals surface area contributed by atoms with E-state index < -0.39 is 34.8 Å². The molecule has 0 spiro atoms. The summed E-state index contributed by atoms with van der Waals surface area (Å²) < 4.78 is 30.2. The van der Waals surface area contributed by atoms with Crippen LogP contribution in [0.1, 0.15) is 34.6 Å². The highest BCUT2D eigenvalue weighted by atomic mass is 35.5. The molecule has 0 radical (unpaired) electrons. The van der Waals surface area contributed by atoms with E-state index >= 15 is 0 Å². The van der Waals surface area contributed by atoms with Crippen molar-refractivity contribution in [2.45, 2.75) is 19.9 Å². The number of carbonyl (C=O) groups is 1. The minimum atomic E-state index is -1.27. The number of aromatic carboxylic acids is 1. The Hall–Kier alpha value is -3.85. The number of nitrogens with one attached hydrogen (secondary N) is 1. The lowest BCUT2D eigenvalue weighted by atomic mass is 10.0. The summed E-state index contributed by atoms with van der Waals surface area (Å²) in [6.45, 7) is 3.54. The molecule has 0 amide bonds. The second kappa shape index (κ2) is 8.83. The Bertz CT molecular complexity index is 1500. The van der Waals surface area contributed by atoms with Crippen LogP contribution in [-0.2, 0) is 7.05 Å². The summed E-state index contributed by atoms with van der Waals surface area (Å²) in [6, 6.07) is 9.22. The van der Waals surface area contributed by atoms with Crippen LogP contribution in [-0.4, -0.2) is 25.6 Å². The van der Waals surface area contributed by atoms with Crippen LogP contribution >= 0.6 is 11.6 Å². The lowest BCUT2D eigenvalue weighted by Gasteiger charge is -2.20. The lowest BCUT2D eigenvalue weighted by molar-refractivity contribution is 0.0691. The number of aryl methyl sites for hydroxylation is 1. The van der Waals surface area contributed by atoms with Crippen molar-refractivity contribution < 1.29 is 18.7 Å². The standard InChI is InChI=1S/C24H19ClF2N4O3/c1-11-9-13(12(2)28-17-7-8-18(25)29-21(17)24(33)34)20-14(10-11)23(32)31(3)22(30-20)19-15(26)5-4-6-16(19)27/h4-10,12,28H,1-3H3,(H,33,34)/t12-/m1/s1. The minimum Gasteiger partial charge on any atom is -0.476 e. The van der Waals surface area contributed by atoms with Crippen molar-refractivity contribution in [2.24, 2.45) is 7.05 Å². The Labute approximate surface area is 197 Å². The van der Waals surface area contributed by atoms with Crippen molar-refractivity contribution in [3.63, 3.8) is 0 Å². The van der Waals surface area contributed by atoms with Gasteiger partial charge in [-0.25, -0.2) is 23.5 Å². The fraction of sp³-hybridized carbons (Fsp3) is 0.167. The van der Waals surface area contributed by atoms with Crippen LogP contribution in [0.15, 0.2) is 47.3 Å². The van der Waals surface area contributed by atoms with Crippen molar-refractivity contribution in [1.82, 2.24) is 14.5 Å². The van der Waals surface area contributed by atoms with Crippen molar-refractivity contribution in [3.05, 3.63) is 86.4 Å². The molecule has 0 aliphatic heterocycles. The van der Waals surface area contributed by atoms with E-state index in [4.69, 9.17) is 11.6 Å². The van der Waals surface area contributed by atoms with Gasteiger partial charge >= 0.3 is 5.97 Å². The first-order chi connectivity index (χ1) is 16.1. The van der Waals surface area contributed by atoms with E-state index in [2.05, 4.69) is 15.3 Å². The van der Waals surface area contributed by atoms with Gasteiger partial charge in [-0.3, -0.25) is 9.36 Å². The van der Waals surface area contributed by atoms with Gasteiger partial charge in [0.2, 0.25) is 0 Å². The molecule has 2 heterocycles. The summed E-state index contributed by atoms with van der Waals surface area (Å²) in [4.78, 5) is 33.1. The van der Waals surface area contributed by atoms with Crippen LogP contribution in [0, 0.1) is 18.6 Å². The zero-order valence-electron chi connectivity index (χ0n) is 18.4. The molecule has 34 heavy (non-hydrogen) atoms. The highest BCUT2D eigenvalue weighted by molar-refractivity contribution is 6.29. The number of aromatic nitrogens is 3. The minimum absolute atomic E-state index is 0.0262. The second-order valence-electron chi connectivity index (χ2n) is 7.85. The van der Waals surface area contributed by atoms with Gasteiger partial charge < -0.3 is 10.4 Å². The van der Waals surface area contributed by atoms with Crippen LogP contribution in [0.3, 0.4) is 0 Å². The van der Waals surface area contributed by atoms with Gasteiger partial charge in [0, 0.05) is 12.6 Å². The predicted molar refractivity (Wildman–Crippen MR) is 125 cm³/mol. The van der Waals surface area contributed by atoms with Gasteiger partial charge in [0.1, 0.15) is 22.6 Å². The molecule has 0 aliphatic carbocycles. The topological polar surface area (TPSA) is 97.1 Å². The number of halogens is 3. The molecule has 2 N–H and O–H groups in total. The maximum Gasteiger partial charge on any atom is 0.356 e. The van der Waals surface area contributed by atoms with Crippen LogP contribution in [0.4, 0.5) is 14.5 Å². The summed E-state index contributed by atoms with van der Waals surface area (Å²) in [5, 5.41) is 12.8. The Balaban J connectivity index is 1.93. The number of hydrogen-bond acceptors (Lipinski definition) is 5. The molecule has 4 rings (SSSR count). The van der Waals surface area contributed by atoms with Gasteiger partial charge in [-0.05, 0) is 49.7 Å². The number of benzene rings is 2. The predicted octanol–water partition coefficient (Wildman–Crippen LogP) is 5.11. The van der Waals surface area contributed by atoms with E-state index in [1.165, 1.54) is 25.2 Å². The summed E-state index contributed by atoms with van der Waals surface area (Å²) in [5.74, 6) is -3.12. The molecule has 0 saturated carbocycles. The molecule has 1 atom stereocenters. The highest BCUT2D eigenvalue weighted by Crippen LogP contribution is 2.30. The fourth-order valence-electron chi connectivity index (χ4n) is 3.84. The molecule has 0 fully saturated rings. The van der Waals surface area contributed by atoms with Crippen molar-refractivity contribution in [2.75, 3.05) is 5.32 Å². The lowest BCUT2D eigenvalue weighted by Crippen LogP contribution is -2.22. The first-order valence-corrected chi connectivity index (χ1v) is 10.6. The molecule has 0 unspecified atom stereocenters. The third kappa shape index (κ3) is 4.10. The number of hydrogen-bond donors (Lipinski definition) is 2.